The summed E-state index contributed by atoms with van der Waals surface area (Å²) in [5, 5.41) is 3.96. The van der Waals surface area contributed by atoms with Crippen LogP contribution in [0.25, 0.3) is 5.69 Å². The molecule has 4 rings (SSSR count). The predicted molar refractivity (Wildman–Crippen MR) is 99.7 cm³/mol. The second-order valence-corrected chi connectivity index (χ2v) is 7.10. The van der Waals surface area contributed by atoms with Gasteiger partial charge in [-0.1, -0.05) is 71.5 Å². The molecule has 0 radical (unpaired) electrons. The maximum absolute atomic E-state index is 6.43. The molecule has 114 valence electrons. The second kappa shape index (κ2) is 5.92. The van der Waals surface area contributed by atoms with Crippen LogP contribution in [0.5, 0.6) is 0 Å². The number of thiazole rings is 1. The Morgan fingerprint density at radius 1 is 1.04 bits per heavy atom. The normalized spacial score (nSPS) is 16.4. The summed E-state index contributed by atoms with van der Waals surface area (Å²) in [6, 6.07) is 20.1. The molecule has 2 heterocycles. The van der Waals surface area contributed by atoms with Gasteiger partial charge >= 0.3 is 0 Å². The molecule has 1 aliphatic heterocycles. The molecule has 2 aromatic carbocycles. The zero-order chi connectivity index (χ0) is 15.8. The summed E-state index contributed by atoms with van der Waals surface area (Å²) < 4.78 is 2.76. The Morgan fingerprint density at radius 2 is 1.70 bits per heavy atom. The van der Waals surface area contributed by atoms with Crippen molar-refractivity contribution in [2.24, 2.45) is 4.99 Å². The van der Waals surface area contributed by atoms with Crippen molar-refractivity contribution in [3.63, 3.8) is 0 Å². The summed E-state index contributed by atoms with van der Waals surface area (Å²) in [7, 11) is 0. The van der Waals surface area contributed by atoms with Crippen LogP contribution in [-0.4, -0.2) is 9.74 Å². The minimum absolute atomic E-state index is 0.213. The molecule has 3 nitrogen and oxygen atoms in total. The van der Waals surface area contributed by atoms with Gasteiger partial charge in [-0.3, -0.25) is 4.57 Å². The third kappa shape index (κ3) is 2.61. The molecule has 0 spiro atoms. The van der Waals surface area contributed by atoms with Crippen molar-refractivity contribution in [3.8, 4) is 5.69 Å². The zero-order valence-electron chi connectivity index (χ0n) is 11.9. The van der Waals surface area contributed by atoms with Gasteiger partial charge in [0.25, 0.3) is 0 Å². The number of hydrogen-bond donors (Lipinski definition) is 1. The van der Waals surface area contributed by atoms with E-state index in [1.165, 1.54) is 11.3 Å². The Labute approximate surface area is 147 Å². The smallest absolute Gasteiger partial charge is 0.168 e. The first kappa shape index (κ1) is 14.6. The number of fused-ring (bicyclic) bond motifs is 1. The van der Waals surface area contributed by atoms with Crippen molar-refractivity contribution in [3.05, 3.63) is 75.1 Å². The molecule has 0 fully saturated rings. The van der Waals surface area contributed by atoms with Crippen LogP contribution in [0.3, 0.4) is 0 Å². The van der Waals surface area contributed by atoms with E-state index in [0.29, 0.717) is 5.17 Å². The summed E-state index contributed by atoms with van der Waals surface area (Å²) in [5.74, 6) is 0.903. The summed E-state index contributed by atoms with van der Waals surface area (Å²) in [4.78, 5) is 5.45. The topological polar surface area (TPSA) is 29.3 Å². The Morgan fingerprint density at radius 3 is 2.39 bits per heavy atom. The number of nitrogens with zero attached hydrogens (tertiary/aromatic N) is 2. The first-order valence-corrected chi connectivity index (χ1v) is 8.71. The van der Waals surface area contributed by atoms with Gasteiger partial charge in [-0.25, -0.2) is 4.99 Å². The van der Waals surface area contributed by atoms with Crippen molar-refractivity contribution in [2.75, 3.05) is 5.32 Å². The minimum Gasteiger partial charge on any atom is -0.345 e. The van der Waals surface area contributed by atoms with E-state index in [-0.39, 0.29) is 6.17 Å². The van der Waals surface area contributed by atoms with Crippen molar-refractivity contribution < 1.29 is 0 Å². The number of rotatable bonds is 2. The number of halogens is 1. The summed E-state index contributed by atoms with van der Waals surface area (Å²) in [6.07, 6.45) is -0.213. The molecule has 1 unspecified atom stereocenters. The molecule has 0 bridgehead atoms. The minimum atomic E-state index is -0.213. The van der Waals surface area contributed by atoms with E-state index >= 15 is 0 Å². The molecule has 1 N–H and O–H groups in total. The van der Waals surface area contributed by atoms with Crippen molar-refractivity contribution in [1.82, 2.24) is 4.57 Å². The van der Waals surface area contributed by atoms with E-state index in [4.69, 9.17) is 23.8 Å². The molecule has 3 aromatic rings. The Hall–Kier alpha value is -1.95. The van der Waals surface area contributed by atoms with E-state index in [1.54, 1.807) is 0 Å². The lowest BCUT2D eigenvalue weighted by molar-refractivity contribution is 0.814. The van der Waals surface area contributed by atoms with Gasteiger partial charge in [0.1, 0.15) is 22.0 Å². The van der Waals surface area contributed by atoms with Crippen molar-refractivity contribution in [1.29, 1.82) is 0 Å². The van der Waals surface area contributed by atoms with Gasteiger partial charge in [0.15, 0.2) is 3.95 Å². The first-order chi connectivity index (χ1) is 11.2. The van der Waals surface area contributed by atoms with Crippen LogP contribution in [0, 0.1) is 3.95 Å². The number of para-hydroxylation sites is 1. The average Bonchev–Trinajstić information content (AvgIpc) is 2.93. The first-order valence-electron chi connectivity index (χ1n) is 7.10. The van der Waals surface area contributed by atoms with E-state index in [2.05, 4.69) is 10.3 Å². The van der Waals surface area contributed by atoms with E-state index < -0.39 is 0 Å². The highest BCUT2D eigenvalue weighted by Crippen LogP contribution is 2.37. The summed E-state index contributed by atoms with van der Waals surface area (Å²) >= 11 is 13.4. The lowest BCUT2D eigenvalue weighted by Crippen LogP contribution is -2.18. The Bertz CT molecular complexity index is 929. The van der Waals surface area contributed by atoms with Gasteiger partial charge in [-0.15, -0.1) is 0 Å². The van der Waals surface area contributed by atoms with Gasteiger partial charge in [0.2, 0.25) is 0 Å². The molecule has 1 atom stereocenters. The molecule has 0 saturated heterocycles. The number of anilines is 1. The third-order valence-electron chi connectivity index (χ3n) is 3.64. The van der Waals surface area contributed by atoms with Crippen molar-refractivity contribution in [2.45, 2.75) is 6.17 Å². The SMILES string of the molecule is S=c1sc2c(n1-c1ccccc1)NC(c1ccccc1)N=C2Cl. The van der Waals surface area contributed by atoms with Gasteiger partial charge in [-0.05, 0) is 29.9 Å². The van der Waals surface area contributed by atoms with E-state index in [0.717, 1.165) is 25.9 Å². The van der Waals surface area contributed by atoms with Crippen LogP contribution in [0.4, 0.5) is 5.82 Å². The zero-order valence-corrected chi connectivity index (χ0v) is 14.3. The van der Waals surface area contributed by atoms with Crippen LogP contribution >= 0.6 is 35.2 Å². The van der Waals surface area contributed by atoms with Gasteiger partial charge < -0.3 is 5.32 Å². The third-order valence-corrected chi connectivity index (χ3v) is 5.42. The molecule has 0 amide bonds. The summed E-state index contributed by atoms with van der Waals surface area (Å²) in [5.41, 5.74) is 2.08. The monoisotopic (exact) mass is 357 g/mol. The van der Waals surface area contributed by atoms with Gasteiger partial charge in [-0.2, -0.15) is 0 Å². The lowest BCUT2D eigenvalue weighted by Gasteiger charge is -2.23. The van der Waals surface area contributed by atoms with Crippen molar-refractivity contribution >= 4 is 46.1 Å². The fraction of sp³-hybridized carbons (Fsp3) is 0.0588. The highest BCUT2D eigenvalue weighted by Gasteiger charge is 2.26. The number of nitrogens with one attached hydrogen (secondary N) is 1. The Kier molecular flexibility index (Phi) is 3.77. The lowest BCUT2D eigenvalue weighted by atomic mass is 10.1. The molecule has 0 aliphatic carbocycles. The predicted octanol–water partition coefficient (Wildman–Crippen LogP) is 5.38. The largest absolute Gasteiger partial charge is 0.345 e. The highest BCUT2D eigenvalue weighted by molar-refractivity contribution is 7.73. The van der Waals surface area contributed by atoms with E-state index in [1.807, 2.05) is 65.2 Å². The molecule has 1 aliphatic rings. The van der Waals surface area contributed by atoms with Gasteiger partial charge in [0.05, 0.1) is 0 Å². The fourth-order valence-electron chi connectivity index (χ4n) is 2.58. The number of aromatic nitrogens is 1. The van der Waals surface area contributed by atoms with Crippen LogP contribution in [0.1, 0.15) is 16.6 Å². The molecule has 1 aromatic heterocycles. The molecular weight excluding hydrogens is 346 g/mol. The number of hydrogen-bond acceptors (Lipinski definition) is 4. The molecule has 0 saturated carbocycles. The number of benzene rings is 2. The average molecular weight is 358 g/mol. The highest BCUT2D eigenvalue weighted by atomic mass is 35.5. The molecular formula is C17H12ClN3S2. The quantitative estimate of drug-likeness (QED) is 0.624. The van der Waals surface area contributed by atoms with Crippen LogP contribution in [0.15, 0.2) is 65.7 Å². The Balaban J connectivity index is 1.85. The maximum Gasteiger partial charge on any atom is 0.168 e. The standard InChI is InChI=1S/C17H12ClN3S2/c18-14-13-16(20-15(19-14)11-7-3-1-4-8-11)21(17(22)23-13)12-9-5-2-6-10-12/h1-10,15,20H. The van der Waals surface area contributed by atoms with Gasteiger partial charge in [0, 0.05) is 5.69 Å². The van der Waals surface area contributed by atoms with E-state index in [9.17, 15) is 0 Å². The molecule has 23 heavy (non-hydrogen) atoms. The molecule has 6 heteroatoms. The summed E-state index contributed by atoms with van der Waals surface area (Å²) in [6.45, 7) is 0. The number of aliphatic imine (C=N–C) groups is 1. The van der Waals surface area contributed by atoms with Crippen LogP contribution in [-0.2, 0) is 0 Å². The maximum atomic E-state index is 6.43. The van der Waals surface area contributed by atoms with Crippen LogP contribution in [0.2, 0.25) is 0 Å². The van der Waals surface area contributed by atoms with Crippen LogP contribution < -0.4 is 5.32 Å². The second-order valence-electron chi connectivity index (χ2n) is 5.09. The fourth-order valence-corrected chi connectivity index (χ4v) is 4.18.